The molecule has 1 N–H and O–H groups in total. The van der Waals surface area contributed by atoms with Gasteiger partial charge in [0.05, 0.1) is 12.0 Å². The topological polar surface area (TPSA) is 50.4 Å². The number of pyridine rings is 1. The van der Waals surface area contributed by atoms with E-state index in [9.17, 15) is 10.0 Å². The van der Waals surface area contributed by atoms with Crippen LogP contribution in [0.1, 0.15) is 26.3 Å². The second-order valence-corrected chi connectivity index (χ2v) is 3.82. The van der Waals surface area contributed by atoms with E-state index in [-0.39, 0.29) is 5.97 Å². The summed E-state index contributed by atoms with van der Waals surface area (Å²) in [5.41, 5.74) is -0.0344. The van der Waals surface area contributed by atoms with Crippen molar-refractivity contribution in [1.82, 2.24) is 0 Å². The van der Waals surface area contributed by atoms with Crippen LogP contribution in [0.5, 0.6) is 0 Å². The quantitative estimate of drug-likeness (QED) is 0.461. The average Bonchev–Trinajstić information content (AvgIpc) is 2.18. The summed E-state index contributed by atoms with van der Waals surface area (Å²) in [7, 11) is 0. The third-order valence-electron chi connectivity index (χ3n) is 2.29. The molecule has 0 atom stereocenters. The van der Waals surface area contributed by atoms with Crippen molar-refractivity contribution in [1.29, 1.82) is 0 Å². The fourth-order valence-corrected chi connectivity index (χ4v) is 1.26. The van der Waals surface area contributed by atoms with Crippen molar-refractivity contribution in [3.05, 3.63) is 30.1 Å². The van der Waals surface area contributed by atoms with Gasteiger partial charge in [0.2, 0.25) is 12.4 Å². The zero-order valence-corrected chi connectivity index (χ0v) is 9.23. The van der Waals surface area contributed by atoms with Crippen molar-refractivity contribution in [3.63, 3.8) is 0 Å². The largest absolute Gasteiger partial charge is 0.465 e. The number of hydrogen-bond acceptors (Lipinski definition) is 3. The fourth-order valence-electron chi connectivity index (χ4n) is 1.26. The SMILES string of the molecule is CCOC(=O)C(C)(C)c1ccc[n+](O)c1. The molecule has 0 aliphatic rings. The Bertz CT molecular complexity index is 361. The minimum atomic E-state index is -0.748. The van der Waals surface area contributed by atoms with Gasteiger partial charge in [-0.25, -0.2) is 0 Å². The molecule has 0 unspecified atom stereocenters. The maximum atomic E-state index is 11.7. The molecule has 0 saturated carbocycles. The van der Waals surface area contributed by atoms with E-state index in [0.717, 1.165) is 4.73 Å². The maximum absolute atomic E-state index is 11.7. The third-order valence-corrected chi connectivity index (χ3v) is 2.29. The second kappa shape index (κ2) is 4.29. The number of ether oxygens (including phenoxy) is 1. The van der Waals surface area contributed by atoms with Crippen LogP contribution in [0.4, 0.5) is 0 Å². The molecule has 0 saturated heterocycles. The van der Waals surface area contributed by atoms with Crippen molar-refractivity contribution in [2.45, 2.75) is 26.2 Å². The molecule has 15 heavy (non-hydrogen) atoms. The van der Waals surface area contributed by atoms with Crippen LogP contribution in [0.2, 0.25) is 0 Å². The fraction of sp³-hybridized carbons (Fsp3) is 0.455. The van der Waals surface area contributed by atoms with Gasteiger partial charge >= 0.3 is 5.97 Å². The molecule has 0 aliphatic carbocycles. The molecule has 0 spiro atoms. The van der Waals surface area contributed by atoms with Crippen LogP contribution in [0.3, 0.4) is 0 Å². The van der Waals surface area contributed by atoms with Crippen molar-refractivity contribution < 1.29 is 19.5 Å². The molecule has 0 radical (unpaired) electrons. The zero-order chi connectivity index (χ0) is 11.5. The van der Waals surface area contributed by atoms with E-state index < -0.39 is 5.41 Å². The second-order valence-electron chi connectivity index (χ2n) is 3.82. The number of rotatable bonds is 3. The van der Waals surface area contributed by atoms with E-state index in [1.54, 1.807) is 32.9 Å². The minimum absolute atomic E-state index is 0.295. The Morgan fingerprint density at radius 2 is 2.27 bits per heavy atom. The van der Waals surface area contributed by atoms with Crippen molar-refractivity contribution >= 4 is 5.97 Å². The highest BCUT2D eigenvalue weighted by atomic mass is 16.5. The predicted octanol–water partition coefficient (Wildman–Crippen LogP) is 1.05. The van der Waals surface area contributed by atoms with Crippen molar-refractivity contribution in [2.24, 2.45) is 0 Å². The highest BCUT2D eigenvalue weighted by molar-refractivity contribution is 5.81. The average molecular weight is 210 g/mol. The lowest BCUT2D eigenvalue weighted by Gasteiger charge is -2.20. The van der Waals surface area contributed by atoms with Gasteiger partial charge in [-0.3, -0.25) is 10.0 Å². The van der Waals surface area contributed by atoms with Gasteiger partial charge in [-0.1, -0.05) is 0 Å². The third kappa shape index (κ3) is 2.46. The number of aromatic nitrogens is 1. The summed E-state index contributed by atoms with van der Waals surface area (Å²) >= 11 is 0. The van der Waals surface area contributed by atoms with Gasteiger partial charge in [0.25, 0.3) is 0 Å². The number of nitrogens with zero attached hydrogens (tertiary/aromatic N) is 1. The van der Waals surface area contributed by atoms with Gasteiger partial charge < -0.3 is 4.74 Å². The Morgan fingerprint density at radius 3 is 2.80 bits per heavy atom. The summed E-state index contributed by atoms with van der Waals surface area (Å²) in [6, 6.07) is 3.46. The van der Waals surface area contributed by atoms with E-state index in [1.807, 2.05) is 0 Å². The molecule has 4 nitrogen and oxygen atoms in total. The normalized spacial score (nSPS) is 11.1. The lowest BCUT2D eigenvalue weighted by Crippen LogP contribution is -2.36. The molecule has 0 aromatic carbocycles. The Balaban J connectivity index is 2.99. The summed E-state index contributed by atoms with van der Waals surface area (Å²) in [5, 5.41) is 9.25. The highest BCUT2D eigenvalue weighted by Crippen LogP contribution is 2.23. The van der Waals surface area contributed by atoms with Gasteiger partial charge in [0, 0.05) is 16.4 Å². The first kappa shape index (κ1) is 11.5. The van der Waals surface area contributed by atoms with Gasteiger partial charge in [-0.05, 0) is 26.8 Å². The summed E-state index contributed by atoms with van der Waals surface area (Å²) in [6.45, 7) is 5.65. The number of esters is 1. The molecule has 0 aliphatic heterocycles. The van der Waals surface area contributed by atoms with Crippen molar-refractivity contribution in [2.75, 3.05) is 6.61 Å². The van der Waals surface area contributed by atoms with Crippen LogP contribution in [-0.2, 0) is 14.9 Å². The Hall–Kier alpha value is -1.58. The predicted molar refractivity (Wildman–Crippen MR) is 53.5 cm³/mol. The molecular formula is C11H16NO3+. The Kier molecular flexibility index (Phi) is 3.29. The molecular weight excluding hydrogens is 194 g/mol. The number of carbonyl (C=O) groups excluding carboxylic acids is 1. The van der Waals surface area contributed by atoms with Crippen LogP contribution >= 0.6 is 0 Å². The van der Waals surface area contributed by atoms with Gasteiger partial charge in [0.15, 0.2) is 0 Å². The maximum Gasteiger partial charge on any atom is 0.316 e. The van der Waals surface area contributed by atoms with Gasteiger partial charge in [-0.2, -0.15) is 0 Å². The van der Waals surface area contributed by atoms with Crippen LogP contribution in [0.25, 0.3) is 0 Å². The molecule has 0 amide bonds. The molecule has 4 heteroatoms. The highest BCUT2D eigenvalue weighted by Gasteiger charge is 2.33. The zero-order valence-electron chi connectivity index (χ0n) is 9.23. The molecule has 0 fully saturated rings. The summed E-state index contributed by atoms with van der Waals surface area (Å²) in [4.78, 5) is 11.7. The van der Waals surface area contributed by atoms with E-state index in [0.29, 0.717) is 12.2 Å². The summed E-state index contributed by atoms with van der Waals surface area (Å²) in [6.07, 6.45) is 2.99. The lowest BCUT2D eigenvalue weighted by atomic mass is 9.86. The number of hydrogen-bond donors (Lipinski definition) is 1. The first-order valence-electron chi connectivity index (χ1n) is 4.86. The monoisotopic (exact) mass is 210 g/mol. The standard InChI is InChI=1S/C11H16NO3/c1-4-15-10(13)11(2,3)9-6-5-7-12(14)8-9/h5-8,14H,4H2,1-3H3/q+1. The first-order chi connectivity index (χ1) is 6.98. The number of carbonyl (C=O) groups is 1. The van der Waals surface area contributed by atoms with E-state index >= 15 is 0 Å². The summed E-state index contributed by atoms with van der Waals surface area (Å²) in [5.74, 6) is -0.295. The van der Waals surface area contributed by atoms with Crippen LogP contribution in [-0.4, -0.2) is 17.8 Å². The van der Waals surface area contributed by atoms with E-state index in [4.69, 9.17) is 4.74 Å². The smallest absolute Gasteiger partial charge is 0.316 e. The summed E-state index contributed by atoms with van der Waals surface area (Å²) < 4.78 is 5.90. The van der Waals surface area contributed by atoms with Crippen LogP contribution in [0, 0.1) is 0 Å². The molecule has 1 heterocycles. The first-order valence-corrected chi connectivity index (χ1v) is 4.86. The van der Waals surface area contributed by atoms with Crippen LogP contribution in [0.15, 0.2) is 24.5 Å². The van der Waals surface area contributed by atoms with E-state index in [1.165, 1.54) is 12.4 Å². The van der Waals surface area contributed by atoms with Gasteiger partial charge in [-0.15, -0.1) is 0 Å². The van der Waals surface area contributed by atoms with E-state index in [2.05, 4.69) is 0 Å². The molecule has 1 aromatic heterocycles. The van der Waals surface area contributed by atoms with Crippen molar-refractivity contribution in [3.8, 4) is 0 Å². The Labute approximate surface area is 89.1 Å². The minimum Gasteiger partial charge on any atom is -0.465 e. The lowest BCUT2D eigenvalue weighted by molar-refractivity contribution is -0.905. The van der Waals surface area contributed by atoms with Gasteiger partial charge in [0.1, 0.15) is 0 Å². The molecule has 0 bridgehead atoms. The van der Waals surface area contributed by atoms with Crippen LogP contribution < -0.4 is 4.73 Å². The molecule has 1 rings (SSSR count). The molecule has 1 aromatic rings. The molecule has 82 valence electrons. The Morgan fingerprint density at radius 1 is 1.60 bits per heavy atom.